The molecule has 16 N–H and O–H groups in total. The summed E-state index contributed by atoms with van der Waals surface area (Å²) in [5.74, 6) is -6.26. The number of hydrogen-bond acceptors (Lipinski definition) is 10. The molecule has 0 rings (SSSR count). The molecule has 0 aliphatic carbocycles. The van der Waals surface area contributed by atoms with Crippen LogP contribution >= 0.6 is 0 Å². The molecule has 0 spiro atoms. The third-order valence-electron chi connectivity index (χ3n) is 5.33. The van der Waals surface area contributed by atoms with E-state index in [4.69, 9.17) is 28.0 Å². The Bertz CT molecular complexity index is 1070. The van der Waals surface area contributed by atoms with Crippen LogP contribution < -0.4 is 54.8 Å². The number of hydrogen-bond donors (Lipinski definition) is 12. The van der Waals surface area contributed by atoms with Gasteiger partial charge < -0.3 is 65.0 Å². The second-order valence-corrected chi connectivity index (χ2v) is 9.12. The number of amides is 6. The van der Waals surface area contributed by atoms with E-state index < -0.39 is 85.8 Å². The number of aliphatic hydroxyl groups excluding tert-OH is 1. The van der Waals surface area contributed by atoms with Gasteiger partial charge in [-0.2, -0.15) is 0 Å². The Balaban J connectivity index is 5.19. The van der Waals surface area contributed by atoms with Crippen molar-refractivity contribution in [2.45, 2.75) is 50.7 Å². The average Bonchev–Trinajstić information content (AvgIpc) is 2.94. The molecule has 0 bridgehead atoms. The smallest absolute Gasteiger partial charge is 0.322 e. The number of aliphatic carboxylic acids is 1. The molecular weight excluding hydrogens is 588 g/mol. The molecule has 0 saturated carbocycles. The molecule has 3 unspecified atom stereocenters. The van der Waals surface area contributed by atoms with Crippen molar-refractivity contribution in [1.29, 1.82) is 0 Å². The second-order valence-electron chi connectivity index (χ2n) is 9.12. The standard InChI is InChI=1S/C23H42N12O9/c1-12(37)33-13(4-2-6-28-22(24)25)19(42)30-8-16(38)34-14(5-3-7-29-23(26)27)20(43)31-9-17(39)35-15(11-36)21(44)32-10-18(40)41/h13-15,36H,2-11H2,1H3,(H,30,42)(H,31,43)(H,32,44)(H,33,37)(H,34,38)(H,35,39)(H,40,41)(H4,24,25,28)(H4,26,27,29). The number of nitrogens with two attached hydrogens (primary N) is 4. The van der Waals surface area contributed by atoms with Gasteiger partial charge in [0.15, 0.2) is 11.9 Å². The summed E-state index contributed by atoms with van der Waals surface area (Å²) in [6.45, 7) is -1.29. The van der Waals surface area contributed by atoms with Gasteiger partial charge in [0.05, 0.1) is 19.7 Å². The van der Waals surface area contributed by atoms with Gasteiger partial charge in [-0.25, -0.2) is 0 Å². The molecule has 0 aliphatic rings. The fraction of sp³-hybridized carbons (Fsp3) is 0.609. The monoisotopic (exact) mass is 630 g/mol. The van der Waals surface area contributed by atoms with Gasteiger partial charge in [0, 0.05) is 20.0 Å². The largest absolute Gasteiger partial charge is 0.480 e. The summed E-state index contributed by atoms with van der Waals surface area (Å²) < 4.78 is 0. The Morgan fingerprint density at radius 2 is 1.02 bits per heavy atom. The van der Waals surface area contributed by atoms with E-state index >= 15 is 0 Å². The highest BCUT2D eigenvalue weighted by Gasteiger charge is 2.25. The van der Waals surface area contributed by atoms with Crippen LogP contribution in [0.2, 0.25) is 0 Å². The van der Waals surface area contributed by atoms with Crippen LogP contribution in [0, 0.1) is 0 Å². The Hall–Kier alpha value is -5.21. The molecule has 0 radical (unpaired) electrons. The molecule has 0 heterocycles. The van der Waals surface area contributed by atoms with E-state index in [2.05, 4.69) is 36.6 Å². The first-order chi connectivity index (χ1) is 20.7. The number of guanidine groups is 2. The van der Waals surface area contributed by atoms with Crippen molar-refractivity contribution in [3.05, 3.63) is 0 Å². The van der Waals surface area contributed by atoms with Crippen LogP contribution in [0.25, 0.3) is 0 Å². The lowest BCUT2D eigenvalue weighted by Crippen LogP contribution is -2.54. The van der Waals surface area contributed by atoms with Gasteiger partial charge in [-0.05, 0) is 25.7 Å². The first-order valence-electron chi connectivity index (χ1n) is 13.3. The number of nitrogens with zero attached hydrogens (tertiary/aromatic N) is 2. The number of carbonyl (C=O) groups excluding carboxylic acids is 6. The van der Waals surface area contributed by atoms with Crippen molar-refractivity contribution in [3.8, 4) is 0 Å². The van der Waals surface area contributed by atoms with Gasteiger partial charge in [-0.1, -0.05) is 0 Å². The lowest BCUT2D eigenvalue weighted by Gasteiger charge is -2.20. The Kier molecular flexibility index (Phi) is 18.9. The number of aliphatic imine (C=N–C) groups is 2. The van der Waals surface area contributed by atoms with E-state index in [1.165, 1.54) is 6.92 Å². The molecule has 21 heteroatoms. The Labute approximate surface area is 252 Å². The molecule has 0 aromatic rings. The summed E-state index contributed by atoms with van der Waals surface area (Å²) in [7, 11) is 0. The molecule has 0 aromatic heterocycles. The molecule has 3 atom stereocenters. The molecule has 0 fully saturated rings. The fourth-order valence-corrected chi connectivity index (χ4v) is 3.34. The Morgan fingerprint density at radius 1 is 0.636 bits per heavy atom. The van der Waals surface area contributed by atoms with Crippen LogP contribution in [0.15, 0.2) is 9.98 Å². The summed E-state index contributed by atoms with van der Waals surface area (Å²) in [4.78, 5) is 91.8. The van der Waals surface area contributed by atoms with Crippen molar-refractivity contribution in [1.82, 2.24) is 31.9 Å². The molecule has 248 valence electrons. The third-order valence-corrected chi connectivity index (χ3v) is 5.33. The van der Waals surface area contributed by atoms with E-state index in [1.54, 1.807) is 0 Å². The zero-order valence-corrected chi connectivity index (χ0v) is 24.3. The van der Waals surface area contributed by atoms with Crippen molar-refractivity contribution in [2.24, 2.45) is 32.9 Å². The quantitative estimate of drug-likeness (QED) is 0.0319. The number of aliphatic hydroxyl groups is 1. The molecule has 6 amide bonds. The SMILES string of the molecule is CC(=O)NC(CCCN=C(N)N)C(=O)NCC(=O)NC(CCCN=C(N)N)C(=O)NCC(=O)NC(CO)C(=O)NCC(=O)O. The molecule has 21 nitrogen and oxygen atoms in total. The predicted molar refractivity (Wildman–Crippen MR) is 155 cm³/mol. The van der Waals surface area contributed by atoms with Gasteiger partial charge in [-0.15, -0.1) is 0 Å². The van der Waals surface area contributed by atoms with Crippen LogP contribution in [0.5, 0.6) is 0 Å². The number of carbonyl (C=O) groups is 7. The molecule has 0 aliphatic heterocycles. The highest BCUT2D eigenvalue weighted by Crippen LogP contribution is 2.01. The van der Waals surface area contributed by atoms with Crippen molar-refractivity contribution in [3.63, 3.8) is 0 Å². The predicted octanol–water partition coefficient (Wildman–Crippen LogP) is -7.01. The van der Waals surface area contributed by atoms with Crippen LogP contribution in [0.4, 0.5) is 0 Å². The molecule has 44 heavy (non-hydrogen) atoms. The highest BCUT2D eigenvalue weighted by atomic mass is 16.4. The average molecular weight is 631 g/mol. The number of nitrogens with one attached hydrogen (secondary N) is 6. The van der Waals surface area contributed by atoms with Gasteiger partial charge in [0.1, 0.15) is 24.7 Å². The third kappa shape index (κ3) is 19.0. The second kappa shape index (κ2) is 21.5. The lowest BCUT2D eigenvalue weighted by atomic mass is 10.1. The zero-order chi connectivity index (χ0) is 33.7. The summed E-state index contributed by atoms with van der Waals surface area (Å²) in [6, 6.07) is -3.68. The van der Waals surface area contributed by atoms with E-state index in [-0.39, 0.29) is 44.3 Å². The topological polar surface area (TPSA) is 361 Å². The van der Waals surface area contributed by atoms with Gasteiger partial charge in [0.25, 0.3) is 0 Å². The van der Waals surface area contributed by atoms with Crippen molar-refractivity contribution >= 4 is 53.3 Å². The maximum absolute atomic E-state index is 12.8. The number of carboxylic acid groups (broad SMARTS) is 1. The summed E-state index contributed by atoms with van der Waals surface area (Å²) >= 11 is 0. The van der Waals surface area contributed by atoms with Crippen LogP contribution in [-0.2, 0) is 33.6 Å². The maximum atomic E-state index is 12.8. The minimum Gasteiger partial charge on any atom is -0.480 e. The fourth-order valence-electron chi connectivity index (χ4n) is 3.34. The summed E-state index contributed by atoms with van der Waals surface area (Å²) in [5, 5.41) is 31.6. The zero-order valence-electron chi connectivity index (χ0n) is 24.3. The normalized spacial score (nSPS) is 12.2. The Morgan fingerprint density at radius 3 is 1.41 bits per heavy atom. The van der Waals surface area contributed by atoms with Crippen LogP contribution in [0.1, 0.15) is 32.6 Å². The van der Waals surface area contributed by atoms with E-state index in [0.717, 1.165) is 0 Å². The number of rotatable bonds is 21. The highest BCUT2D eigenvalue weighted by molar-refractivity contribution is 5.94. The summed E-state index contributed by atoms with van der Waals surface area (Å²) in [5.41, 5.74) is 21.1. The van der Waals surface area contributed by atoms with Gasteiger partial charge in [-0.3, -0.25) is 43.5 Å². The lowest BCUT2D eigenvalue weighted by molar-refractivity contribution is -0.138. The van der Waals surface area contributed by atoms with Gasteiger partial charge >= 0.3 is 5.97 Å². The van der Waals surface area contributed by atoms with Crippen LogP contribution in [-0.4, -0.2) is 121 Å². The van der Waals surface area contributed by atoms with E-state index in [0.29, 0.717) is 6.42 Å². The molecule has 0 saturated heterocycles. The number of carboxylic acids is 1. The minimum atomic E-state index is -1.48. The van der Waals surface area contributed by atoms with Crippen LogP contribution in [0.3, 0.4) is 0 Å². The first-order valence-corrected chi connectivity index (χ1v) is 13.3. The van der Waals surface area contributed by atoms with E-state index in [9.17, 15) is 38.7 Å². The minimum absolute atomic E-state index is 0.0140. The van der Waals surface area contributed by atoms with E-state index in [1.807, 2.05) is 5.32 Å². The molecular formula is C23H42N12O9. The first kappa shape index (κ1) is 38.8. The summed E-state index contributed by atoms with van der Waals surface area (Å²) in [6.07, 6.45) is 0.756. The maximum Gasteiger partial charge on any atom is 0.322 e. The van der Waals surface area contributed by atoms with Crippen molar-refractivity contribution < 1.29 is 43.8 Å². The molecule has 0 aromatic carbocycles. The van der Waals surface area contributed by atoms with Gasteiger partial charge in [0.2, 0.25) is 35.4 Å². The van der Waals surface area contributed by atoms with Crippen molar-refractivity contribution in [2.75, 3.05) is 39.3 Å².